The van der Waals surface area contributed by atoms with Gasteiger partial charge in [-0.1, -0.05) is 6.07 Å². The molecule has 0 spiro atoms. The normalized spacial score (nSPS) is 15.2. The number of nitrogens with zero attached hydrogens (tertiary/aromatic N) is 6. The molecule has 0 saturated carbocycles. The lowest BCUT2D eigenvalue weighted by atomic mass is 10.1. The van der Waals surface area contributed by atoms with Crippen molar-refractivity contribution in [3.8, 4) is 22.5 Å². The van der Waals surface area contributed by atoms with Crippen molar-refractivity contribution in [1.82, 2.24) is 35.0 Å². The number of aromatic amines is 2. The Bertz CT molecular complexity index is 1360. The van der Waals surface area contributed by atoms with E-state index in [4.69, 9.17) is 0 Å². The first-order valence-corrected chi connectivity index (χ1v) is 10.4. The van der Waals surface area contributed by atoms with Gasteiger partial charge in [-0.05, 0) is 25.2 Å². The van der Waals surface area contributed by atoms with Gasteiger partial charge in [0.1, 0.15) is 5.69 Å². The van der Waals surface area contributed by atoms with Crippen molar-refractivity contribution in [3.63, 3.8) is 0 Å². The number of fused-ring (bicyclic) bond motifs is 2. The zero-order chi connectivity index (χ0) is 20.8. The summed E-state index contributed by atoms with van der Waals surface area (Å²) in [6.45, 7) is 4.12. The van der Waals surface area contributed by atoms with E-state index >= 15 is 0 Å². The van der Waals surface area contributed by atoms with Crippen molar-refractivity contribution in [2.75, 3.05) is 38.1 Å². The second-order valence-corrected chi connectivity index (χ2v) is 8.03. The number of pyridine rings is 3. The van der Waals surface area contributed by atoms with Gasteiger partial charge >= 0.3 is 0 Å². The monoisotopic (exact) mass is 410 g/mol. The van der Waals surface area contributed by atoms with Crippen molar-refractivity contribution in [1.29, 1.82) is 0 Å². The Hall–Kier alpha value is -3.78. The second-order valence-electron chi connectivity index (χ2n) is 8.03. The Labute approximate surface area is 179 Å². The fraction of sp³-hybridized carbons (Fsp3) is 0.217. The van der Waals surface area contributed by atoms with E-state index < -0.39 is 0 Å². The second kappa shape index (κ2) is 7.17. The molecule has 8 nitrogen and oxygen atoms in total. The Kier molecular flexibility index (Phi) is 4.17. The van der Waals surface area contributed by atoms with E-state index in [1.54, 1.807) is 6.20 Å². The fourth-order valence-corrected chi connectivity index (χ4v) is 4.26. The molecular weight excluding hydrogens is 388 g/mol. The SMILES string of the molecule is CN1CCN(c2cncc3[nH]c(-c4n[nH]c5ncc(-c6cccnc6)cc45)cc23)CC1. The van der Waals surface area contributed by atoms with E-state index in [0.29, 0.717) is 0 Å². The molecule has 5 aromatic heterocycles. The minimum Gasteiger partial charge on any atom is -0.367 e. The van der Waals surface area contributed by atoms with Crippen molar-refractivity contribution in [2.45, 2.75) is 0 Å². The number of hydrogen-bond donors (Lipinski definition) is 2. The van der Waals surface area contributed by atoms with Crippen LogP contribution in [0.4, 0.5) is 5.69 Å². The number of H-pyrrole nitrogens is 2. The van der Waals surface area contributed by atoms with Crippen molar-refractivity contribution < 1.29 is 0 Å². The van der Waals surface area contributed by atoms with Crippen molar-refractivity contribution in [3.05, 3.63) is 55.2 Å². The number of rotatable bonds is 3. The van der Waals surface area contributed by atoms with Gasteiger partial charge in [0.15, 0.2) is 5.65 Å². The molecule has 0 unspecified atom stereocenters. The average molecular weight is 410 g/mol. The number of aromatic nitrogens is 6. The highest BCUT2D eigenvalue weighted by atomic mass is 15.3. The Balaban J connectivity index is 1.44. The first-order chi connectivity index (χ1) is 15.3. The quantitative estimate of drug-likeness (QED) is 0.474. The summed E-state index contributed by atoms with van der Waals surface area (Å²) < 4.78 is 0. The van der Waals surface area contributed by atoms with Crippen LogP contribution in [0.5, 0.6) is 0 Å². The molecule has 1 aliphatic rings. The van der Waals surface area contributed by atoms with Crippen LogP contribution >= 0.6 is 0 Å². The summed E-state index contributed by atoms with van der Waals surface area (Å²) in [6, 6.07) is 8.26. The maximum absolute atomic E-state index is 4.57. The van der Waals surface area contributed by atoms with Gasteiger partial charge in [0, 0.05) is 66.7 Å². The minimum absolute atomic E-state index is 0.763. The standard InChI is InChI=1S/C23H22N8/c1-30-5-7-31(8-6-30)21-14-25-13-20-17(21)10-19(27-20)22-18-9-16(12-26-23(18)29-28-22)15-3-2-4-24-11-15/h2-4,9-14,27H,5-8H2,1H3,(H,26,28,29). The summed E-state index contributed by atoms with van der Waals surface area (Å²) in [6.07, 6.45) is 9.32. The summed E-state index contributed by atoms with van der Waals surface area (Å²) in [4.78, 5) is 21.6. The Morgan fingerprint density at radius 3 is 2.65 bits per heavy atom. The third-order valence-electron chi connectivity index (χ3n) is 6.03. The summed E-state index contributed by atoms with van der Waals surface area (Å²) in [7, 11) is 2.17. The lowest BCUT2D eigenvalue weighted by molar-refractivity contribution is 0.313. The summed E-state index contributed by atoms with van der Waals surface area (Å²) in [5, 5.41) is 9.78. The molecule has 154 valence electrons. The van der Waals surface area contributed by atoms with Gasteiger partial charge in [0.2, 0.25) is 0 Å². The third-order valence-corrected chi connectivity index (χ3v) is 6.03. The van der Waals surface area contributed by atoms with E-state index in [0.717, 1.165) is 65.2 Å². The number of piperazine rings is 1. The molecule has 1 saturated heterocycles. The largest absolute Gasteiger partial charge is 0.367 e. The number of nitrogens with one attached hydrogen (secondary N) is 2. The van der Waals surface area contributed by atoms with Gasteiger partial charge in [0.05, 0.1) is 29.3 Å². The van der Waals surface area contributed by atoms with Crippen LogP contribution in [0.25, 0.3) is 44.5 Å². The van der Waals surface area contributed by atoms with Crippen molar-refractivity contribution >= 4 is 27.6 Å². The van der Waals surface area contributed by atoms with Crippen LogP contribution in [0, 0.1) is 0 Å². The number of anilines is 1. The maximum Gasteiger partial charge on any atom is 0.155 e. The molecule has 8 heteroatoms. The average Bonchev–Trinajstić information content (AvgIpc) is 3.43. The molecule has 0 amide bonds. The number of likely N-dealkylation sites (N-methyl/N-ethyl adjacent to an activating group) is 1. The first kappa shape index (κ1) is 18.0. The molecule has 6 heterocycles. The van der Waals surface area contributed by atoms with Crippen LogP contribution in [0.1, 0.15) is 0 Å². The van der Waals surface area contributed by atoms with E-state index in [9.17, 15) is 0 Å². The van der Waals surface area contributed by atoms with Crippen LogP contribution in [0.3, 0.4) is 0 Å². The van der Waals surface area contributed by atoms with Crippen LogP contribution in [-0.4, -0.2) is 68.3 Å². The van der Waals surface area contributed by atoms with Gasteiger partial charge in [0.25, 0.3) is 0 Å². The van der Waals surface area contributed by atoms with Crippen LogP contribution in [0.15, 0.2) is 55.2 Å². The molecule has 0 bridgehead atoms. The molecule has 0 atom stereocenters. The first-order valence-electron chi connectivity index (χ1n) is 10.4. The zero-order valence-electron chi connectivity index (χ0n) is 17.2. The maximum atomic E-state index is 4.57. The molecule has 1 aliphatic heterocycles. The third kappa shape index (κ3) is 3.12. The molecule has 0 radical (unpaired) electrons. The summed E-state index contributed by atoms with van der Waals surface area (Å²) in [5.41, 5.74) is 6.80. The predicted molar refractivity (Wildman–Crippen MR) is 122 cm³/mol. The van der Waals surface area contributed by atoms with Crippen molar-refractivity contribution in [2.24, 2.45) is 0 Å². The van der Waals surface area contributed by atoms with E-state index in [-0.39, 0.29) is 0 Å². The zero-order valence-corrected chi connectivity index (χ0v) is 17.2. The molecule has 1 fully saturated rings. The molecule has 2 N–H and O–H groups in total. The van der Waals surface area contributed by atoms with E-state index in [1.807, 2.05) is 36.9 Å². The molecule has 31 heavy (non-hydrogen) atoms. The van der Waals surface area contributed by atoms with Gasteiger partial charge in [-0.25, -0.2) is 4.98 Å². The van der Waals surface area contributed by atoms with Gasteiger partial charge in [-0.15, -0.1) is 0 Å². The predicted octanol–water partition coefficient (Wildman–Crippen LogP) is 3.32. The highest BCUT2D eigenvalue weighted by molar-refractivity contribution is 5.99. The highest BCUT2D eigenvalue weighted by Crippen LogP contribution is 2.33. The van der Waals surface area contributed by atoms with Gasteiger partial charge in [-0.2, -0.15) is 5.10 Å². The van der Waals surface area contributed by atoms with E-state index in [2.05, 4.69) is 59.1 Å². The molecular formula is C23H22N8. The number of hydrogen-bond acceptors (Lipinski definition) is 6. The molecule has 0 aromatic carbocycles. The highest BCUT2D eigenvalue weighted by Gasteiger charge is 2.19. The fourth-order valence-electron chi connectivity index (χ4n) is 4.26. The van der Waals surface area contributed by atoms with Crippen LogP contribution < -0.4 is 4.90 Å². The topological polar surface area (TPSA) is 89.6 Å². The smallest absolute Gasteiger partial charge is 0.155 e. The van der Waals surface area contributed by atoms with Crippen LogP contribution in [-0.2, 0) is 0 Å². The Morgan fingerprint density at radius 2 is 1.81 bits per heavy atom. The summed E-state index contributed by atoms with van der Waals surface area (Å²) >= 11 is 0. The molecule has 5 aromatic rings. The van der Waals surface area contributed by atoms with Gasteiger partial charge < -0.3 is 14.8 Å². The lowest BCUT2D eigenvalue weighted by Gasteiger charge is -2.34. The Morgan fingerprint density at radius 1 is 0.903 bits per heavy atom. The van der Waals surface area contributed by atoms with Crippen LogP contribution in [0.2, 0.25) is 0 Å². The minimum atomic E-state index is 0.763. The van der Waals surface area contributed by atoms with E-state index in [1.165, 1.54) is 11.1 Å². The molecule has 6 rings (SSSR count). The lowest BCUT2D eigenvalue weighted by Crippen LogP contribution is -2.44. The summed E-state index contributed by atoms with van der Waals surface area (Å²) in [5.74, 6) is 0. The van der Waals surface area contributed by atoms with Gasteiger partial charge in [-0.3, -0.25) is 15.1 Å². The molecule has 0 aliphatic carbocycles.